The van der Waals surface area contributed by atoms with Gasteiger partial charge in [0.2, 0.25) is 0 Å². The van der Waals surface area contributed by atoms with Crippen molar-refractivity contribution >= 4 is 37.5 Å². The van der Waals surface area contributed by atoms with Crippen LogP contribution < -0.4 is 11.1 Å². The van der Waals surface area contributed by atoms with Gasteiger partial charge in [0.25, 0.3) is 0 Å². The zero-order valence-electron chi connectivity index (χ0n) is 10.8. The third-order valence-electron chi connectivity index (χ3n) is 3.69. The summed E-state index contributed by atoms with van der Waals surface area (Å²) in [5, 5.41) is 13.7. The van der Waals surface area contributed by atoms with Crippen LogP contribution in [0.15, 0.2) is 21.1 Å². The van der Waals surface area contributed by atoms with E-state index in [2.05, 4.69) is 37.2 Å². The molecule has 0 radical (unpaired) electrons. The minimum absolute atomic E-state index is 0.505. The summed E-state index contributed by atoms with van der Waals surface area (Å²) < 4.78 is 1.63. The van der Waals surface area contributed by atoms with Crippen LogP contribution in [0.5, 0.6) is 0 Å². The van der Waals surface area contributed by atoms with Crippen LogP contribution in [0.25, 0.3) is 0 Å². The number of rotatable bonds is 4. The van der Waals surface area contributed by atoms with E-state index in [1.807, 2.05) is 12.1 Å². The SMILES string of the molecule is Nc1c(Br)cc(C(O)CNC2CCCCC2)cc1Br. The number of aliphatic hydroxyl groups is 1. The van der Waals surface area contributed by atoms with Crippen LogP contribution in [0.1, 0.15) is 43.8 Å². The van der Waals surface area contributed by atoms with Crippen molar-refractivity contribution in [1.82, 2.24) is 5.32 Å². The number of nitrogen functional groups attached to an aromatic ring is 1. The van der Waals surface area contributed by atoms with Crippen LogP contribution >= 0.6 is 31.9 Å². The highest BCUT2D eigenvalue weighted by atomic mass is 79.9. The van der Waals surface area contributed by atoms with Crippen molar-refractivity contribution < 1.29 is 5.11 Å². The highest BCUT2D eigenvalue weighted by molar-refractivity contribution is 9.11. The van der Waals surface area contributed by atoms with Gasteiger partial charge in [0.1, 0.15) is 0 Å². The summed E-state index contributed by atoms with van der Waals surface area (Å²) in [7, 11) is 0. The molecule has 1 unspecified atom stereocenters. The molecule has 5 heteroatoms. The molecule has 0 spiro atoms. The lowest BCUT2D eigenvalue weighted by molar-refractivity contribution is 0.165. The van der Waals surface area contributed by atoms with Crippen molar-refractivity contribution in [3.63, 3.8) is 0 Å². The number of halogens is 2. The number of nitrogens with two attached hydrogens (primary N) is 1. The molecule has 1 aliphatic rings. The number of nitrogens with one attached hydrogen (secondary N) is 1. The first-order valence-electron chi connectivity index (χ1n) is 6.74. The minimum atomic E-state index is -0.505. The molecule has 106 valence electrons. The van der Waals surface area contributed by atoms with Gasteiger partial charge in [-0.2, -0.15) is 0 Å². The van der Waals surface area contributed by atoms with Crippen LogP contribution in [0.3, 0.4) is 0 Å². The Bertz CT molecular complexity index is 410. The van der Waals surface area contributed by atoms with Crippen molar-refractivity contribution in [2.24, 2.45) is 0 Å². The molecule has 0 bridgehead atoms. The second-order valence-corrected chi connectivity index (χ2v) is 6.87. The van der Waals surface area contributed by atoms with Crippen LogP contribution in [-0.4, -0.2) is 17.7 Å². The van der Waals surface area contributed by atoms with E-state index in [0.717, 1.165) is 14.5 Å². The Hall–Kier alpha value is -0.100. The molecule has 19 heavy (non-hydrogen) atoms. The molecular formula is C14H20Br2N2O. The summed E-state index contributed by atoms with van der Waals surface area (Å²) in [6, 6.07) is 4.32. The average molecular weight is 392 g/mol. The summed E-state index contributed by atoms with van der Waals surface area (Å²) in [6.07, 6.45) is 5.89. The third kappa shape index (κ3) is 4.18. The summed E-state index contributed by atoms with van der Waals surface area (Å²) in [5.74, 6) is 0. The fourth-order valence-corrected chi connectivity index (χ4v) is 3.72. The first kappa shape index (κ1) is 15.3. The Kier molecular flexibility index (Phi) is 5.69. The number of hydrogen-bond acceptors (Lipinski definition) is 3. The smallest absolute Gasteiger partial charge is 0.0915 e. The van der Waals surface area contributed by atoms with Gasteiger partial charge >= 0.3 is 0 Å². The zero-order valence-corrected chi connectivity index (χ0v) is 14.0. The second-order valence-electron chi connectivity index (χ2n) is 5.16. The third-order valence-corrected chi connectivity index (χ3v) is 5.00. The van der Waals surface area contributed by atoms with Gasteiger partial charge in [-0.25, -0.2) is 0 Å². The zero-order chi connectivity index (χ0) is 13.8. The molecule has 3 nitrogen and oxygen atoms in total. The van der Waals surface area contributed by atoms with Gasteiger partial charge in [0, 0.05) is 21.5 Å². The Balaban J connectivity index is 1.93. The minimum Gasteiger partial charge on any atom is -0.397 e. The predicted octanol–water partition coefficient (Wildman–Crippen LogP) is 3.75. The van der Waals surface area contributed by atoms with E-state index in [1.165, 1.54) is 32.1 Å². The van der Waals surface area contributed by atoms with Crippen molar-refractivity contribution in [2.75, 3.05) is 12.3 Å². The van der Waals surface area contributed by atoms with Gasteiger partial charge in [-0.3, -0.25) is 0 Å². The standard InChI is InChI=1S/C14H20Br2N2O/c15-11-6-9(7-12(16)14(11)17)13(19)8-18-10-4-2-1-3-5-10/h6-7,10,13,18-19H,1-5,8,17H2. The molecule has 1 atom stereocenters. The summed E-state index contributed by atoms with van der Waals surface area (Å²) in [4.78, 5) is 0. The Morgan fingerprint density at radius 2 is 1.79 bits per heavy atom. The van der Waals surface area contributed by atoms with E-state index >= 15 is 0 Å². The van der Waals surface area contributed by atoms with Gasteiger partial charge < -0.3 is 16.2 Å². The van der Waals surface area contributed by atoms with E-state index in [1.54, 1.807) is 0 Å². The number of benzene rings is 1. The molecule has 1 aromatic carbocycles. The molecule has 2 rings (SSSR count). The van der Waals surface area contributed by atoms with E-state index < -0.39 is 6.10 Å². The maximum absolute atomic E-state index is 10.2. The van der Waals surface area contributed by atoms with Crippen molar-refractivity contribution in [1.29, 1.82) is 0 Å². The highest BCUT2D eigenvalue weighted by Crippen LogP contribution is 2.31. The van der Waals surface area contributed by atoms with Gasteiger partial charge in [-0.05, 0) is 62.4 Å². The molecule has 0 saturated heterocycles. The molecule has 0 aliphatic heterocycles. The highest BCUT2D eigenvalue weighted by Gasteiger charge is 2.16. The fourth-order valence-electron chi connectivity index (χ4n) is 2.50. The van der Waals surface area contributed by atoms with E-state index in [4.69, 9.17) is 5.73 Å². The molecule has 1 aromatic rings. The average Bonchev–Trinajstić information content (AvgIpc) is 2.42. The molecule has 0 aromatic heterocycles. The summed E-state index contributed by atoms with van der Waals surface area (Å²) >= 11 is 6.81. The lowest BCUT2D eigenvalue weighted by Gasteiger charge is -2.24. The Labute approximate surface area is 131 Å². The van der Waals surface area contributed by atoms with Crippen LogP contribution in [-0.2, 0) is 0 Å². The van der Waals surface area contributed by atoms with Crippen molar-refractivity contribution in [2.45, 2.75) is 44.2 Å². The van der Waals surface area contributed by atoms with Gasteiger partial charge in [0.15, 0.2) is 0 Å². The number of hydrogen-bond donors (Lipinski definition) is 3. The topological polar surface area (TPSA) is 58.3 Å². The molecule has 0 amide bonds. The first-order chi connectivity index (χ1) is 9.08. The van der Waals surface area contributed by atoms with Crippen LogP contribution in [0.4, 0.5) is 5.69 Å². The van der Waals surface area contributed by atoms with Crippen LogP contribution in [0.2, 0.25) is 0 Å². The Morgan fingerprint density at radius 3 is 2.37 bits per heavy atom. The summed E-state index contributed by atoms with van der Waals surface area (Å²) in [6.45, 7) is 0.591. The van der Waals surface area contributed by atoms with Crippen LogP contribution in [0, 0.1) is 0 Å². The monoisotopic (exact) mass is 390 g/mol. The molecule has 1 fully saturated rings. The predicted molar refractivity (Wildman–Crippen MR) is 86.1 cm³/mol. The van der Waals surface area contributed by atoms with E-state index in [0.29, 0.717) is 18.3 Å². The Morgan fingerprint density at radius 1 is 1.21 bits per heavy atom. The molecule has 1 saturated carbocycles. The van der Waals surface area contributed by atoms with E-state index in [9.17, 15) is 5.11 Å². The second kappa shape index (κ2) is 7.07. The van der Waals surface area contributed by atoms with Gasteiger partial charge in [0.05, 0.1) is 11.8 Å². The molecule has 4 N–H and O–H groups in total. The fraction of sp³-hybridized carbons (Fsp3) is 0.571. The number of anilines is 1. The molecule has 0 heterocycles. The van der Waals surface area contributed by atoms with Crippen molar-refractivity contribution in [3.05, 3.63) is 26.6 Å². The number of aliphatic hydroxyl groups excluding tert-OH is 1. The molecular weight excluding hydrogens is 372 g/mol. The largest absolute Gasteiger partial charge is 0.397 e. The lowest BCUT2D eigenvalue weighted by Crippen LogP contribution is -2.34. The van der Waals surface area contributed by atoms with Gasteiger partial charge in [-0.15, -0.1) is 0 Å². The summed E-state index contributed by atoms with van der Waals surface area (Å²) in [5.41, 5.74) is 7.39. The lowest BCUT2D eigenvalue weighted by atomic mass is 9.95. The maximum Gasteiger partial charge on any atom is 0.0915 e. The van der Waals surface area contributed by atoms with E-state index in [-0.39, 0.29) is 0 Å². The van der Waals surface area contributed by atoms with Crippen molar-refractivity contribution in [3.8, 4) is 0 Å². The molecule has 1 aliphatic carbocycles. The first-order valence-corrected chi connectivity index (χ1v) is 8.32. The van der Waals surface area contributed by atoms with Gasteiger partial charge in [-0.1, -0.05) is 19.3 Å². The normalized spacial score (nSPS) is 18.5. The maximum atomic E-state index is 10.2. The quantitative estimate of drug-likeness (QED) is 0.685.